The summed E-state index contributed by atoms with van der Waals surface area (Å²) in [5.41, 5.74) is 6.91. The van der Waals surface area contributed by atoms with Crippen molar-refractivity contribution in [3.63, 3.8) is 0 Å². The number of hydrogen-bond acceptors (Lipinski definition) is 0. The fourth-order valence-corrected chi connectivity index (χ4v) is 2.51. The molecule has 0 aliphatic carbocycles. The van der Waals surface area contributed by atoms with Crippen LogP contribution in [-0.2, 0) is 0 Å². The molecule has 1 aromatic carbocycles. The molecule has 0 amide bonds. The Morgan fingerprint density at radius 1 is 1.12 bits per heavy atom. The molecule has 0 bridgehead atoms. The Hall–Kier alpha value is -0.560. The number of allylic oxidation sites excluding steroid dienone is 1. The minimum Gasteiger partial charge on any atom is -0.0880 e. The molecule has 0 aliphatic heterocycles. The first-order chi connectivity index (χ1) is 7.45. The van der Waals surface area contributed by atoms with E-state index in [-0.39, 0.29) is 0 Å². The van der Waals surface area contributed by atoms with Crippen molar-refractivity contribution in [2.45, 2.75) is 34.6 Å². The van der Waals surface area contributed by atoms with Crippen LogP contribution < -0.4 is 0 Å². The van der Waals surface area contributed by atoms with Crippen LogP contribution in [0.1, 0.15) is 36.1 Å². The summed E-state index contributed by atoms with van der Waals surface area (Å²) in [4.78, 5) is 0. The van der Waals surface area contributed by atoms with Crippen LogP contribution in [0.3, 0.4) is 0 Å². The molecule has 0 atom stereocenters. The first-order valence-corrected chi connectivity index (χ1v) is 6.92. The summed E-state index contributed by atoms with van der Waals surface area (Å²) < 4.78 is 0. The van der Waals surface area contributed by atoms with E-state index in [0.717, 1.165) is 5.33 Å². The average Bonchev–Trinajstić information content (AvgIpc) is 2.21. The predicted molar refractivity (Wildman–Crippen MR) is 77.3 cm³/mol. The molecule has 1 aromatic rings. The second-order valence-electron chi connectivity index (χ2n) is 4.80. The van der Waals surface area contributed by atoms with Crippen molar-refractivity contribution in [3.8, 4) is 0 Å². The molecule has 0 aromatic heterocycles. The third-order valence-corrected chi connectivity index (χ3v) is 3.77. The molecule has 0 fully saturated rings. The van der Waals surface area contributed by atoms with Crippen LogP contribution in [0.15, 0.2) is 17.7 Å². The summed E-state index contributed by atoms with van der Waals surface area (Å²) in [5.74, 6) is 0.598. The quantitative estimate of drug-likeness (QED) is 0.680. The molecular weight excluding hydrogens is 260 g/mol. The molecule has 0 unspecified atom stereocenters. The maximum atomic E-state index is 3.56. The second kappa shape index (κ2) is 5.67. The van der Waals surface area contributed by atoms with Gasteiger partial charge in [0.2, 0.25) is 0 Å². The van der Waals surface area contributed by atoms with Crippen molar-refractivity contribution >= 4 is 22.0 Å². The number of benzene rings is 1. The normalized spacial score (nSPS) is 12.3. The maximum Gasteiger partial charge on any atom is 0.0247 e. The zero-order valence-electron chi connectivity index (χ0n) is 10.9. The van der Waals surface area contributed by atoms with E-state index in [1.54, 1.807) is 0 Å². The number of hydrogen-bond donors (Lipinski definition) is 0. The molecule has 0 heterocycles. The first-order valence-electron chi connectivity index (χ1n) is 5.80. The zero-order valence-corrected chi connectivity index (χ0v) is 12.5. The Morgan fingerprint density at radius 3 is 2.19 bits per heavy atom. The van der Waals surface area contributed by atoms with Gasteiger partial charge in [0.05, 0.1) is 0 Å². The van der Waals surface area contributed by atoms with Gasteiger partial charge in [0.1, 0.15) is 0 Å². The van der Waals surface area contributed by atoms with E-state index in [2.05, 4.69) is 68.8 Å². The average molecular weight is 281 g/mol. The van der Waals surface area contributed by atoms with Gasteiger partial charge in [0, 0.05) is 5.33 Å². The van der Waals surface area contributed by atoms with Gasteiger partial charge in [-0.25, -0.2) is 0 Å². The Bertz CT molecular complexity index is 400. The topological polar surface area (TPSA) is 0 Å². The number of aryl methyl sites for hydroxylation is 3. The number of rotatable bonds is 3. The van der Waals surface area contributed by atoms with Gasteiger partial charge in [-0.05, 0) is 48.9 Å². The van der Waals surface area contributed by atoms with Gasteiger partial charge in [0.15, 0.2) is 0 Å². The third kappa shape index (κ3) is 3.21. The highest BCUT2D eigenvalue weighted by atomic mass is 79.9. The van der Waals surface area contributed by atoms with E-state index in [1.807, 2.05) is 0 Å². The lowest BCUT2D eigenvalue weighted by molar-refractivity contribution is 0.780. The van der Waals surface area contributed by atoms with E-state index in [4.69, 9.17) is 0 Å². The molecule has 0 N–H and O–H groups in total. The van der Waals surface area contributed by atoms with Gasteiger partial charge in [0.25, 0.3) is 0 Å². The Morgan fingerprint density at radius 2 is 1.69 bits per heavy atom. The minimum atomic E-state index is 0.598. The second-order valence-corrected chi connectivity index (χ2v) is 5.36. The van der Waals surface area contributed by atoms with Crippen LogP contribution in [0.4, 0.5) is 0 Å². The summed E-state index contributed by atoms with van der Waals surface area (Å²) in [6, 6.07) is 4.56. The highest BCUT2D eigenvalue weighted by Gasteiger charge is 2.04. The van der Waals surface area contributed by atoms with Crippen molar-refractivity contribution in [1.29, 1.82) is 0 Å². The van der Waals surface area contributed by atoms with Crippen LogP contribution in [-0.4, -0.2) is 5.33 Å². The maximum absolute atomic E-state index is 3.56. The van der Waals surface area contributed by atoms with Crippen molar-refractivity contribution in [1.82, 2.24) is 0 Å². The van der Waals surface area contributed by atoms with Crippen molar-refractivity contribution in [2.75, 3.05) is 5.33 Å². The summed E-state index contributed by atoms with van der Waals surface area (Å²) in [6.45, 7) is 11.0. The van der Waals surface area contributed by atoms with Gasteiger partial charge in [-0.3, -0.25) is 0 Å². The molecule has 0 spiro atoms. The summed E-state index contributed by atoms with van der Waals surface area (Å²) >= 11 is 3.56. The Labute approximate surface area is 108 Å². The molecule has 0 radical (unpaired) electrons. The van der Waals surface area contributed by atoms with Crippen LogP contribution in [0.25, 0.3) is 6.08 Å². The molecule has 88 valence electrons. The van der Waals surface area contributed by atoms with E-state index in [0.29, 0.717) is 5.92 Å². The minimum absolute atomic E-state index is 0.598. The van der Waals surface area contributed by atoms with Crippen molar-refractivity contribution in [2.24, 2.45) is 5.92 Å². The van der Waals surface area contributed by atoms with Gasteiger partial charge >= 0.3 is 0 Å². The summed E-state index contributed by atoms with van der Waals surface area (Å²) in [6.07, 6.45) is 2.32. The van der Waals surface area contributed by atoms with Crippen LogP contribution >= 0.6 is 15.9 Å². The standard InChI is InChI=1S/C15H21Br/c1-10(2)15(9-16)8-14-7-12(4)11(3)6-13(14)5/h6-8,10H,9H2,1-5H3. The highest BCUT2D eigenvalue weighted by Crippen LogP contribution is 2.21. The van der Waals surface area contributed by atoms with Gasteiger partial charge in [-0.15, -0.1) is 0 Å². The molecule has 1 heteroatoms. The van der Waals surface area contributed by atoms with Gasteiger partial charge in [-0.1, -0.05) is 53.6 Å². The molecule has 0 nitrogen and oxygen atoms in total. The smallest absolute Gasteiger partial charge is 0.0247 e. The molecule has 1 rings (SSSR count). The van der Waals surface area contributed by atoms with E-state index in [9.17, 15) is 0 Å². The fraction of sp³-hybridized carbons (Fsp3) is 0.467. The highest BCUT2D eigenvalue weighted by molar-refractivity contribution is 9.09. The van der Waals surface area contributed by atoms with Crippen LogP contribution in [0.2, 0.25) is 0 Å². The van der Waals surface area contributed by atoms with Crippen LogP contribution in [0, 0.1) is 26.7 Å². The lowest BCUT2D eigenvalue weighted by Crippen LogP contribution is -1.96. The Balaban J connectivity index is 3.18. The van der Waals surface area contributed by atoms with Crippen molar-refractivity contribution < 1.29 is 0 Å². The lowest BCUT2D eigenvalue weighted by Gasteiger charge is -2.11. The number of alkyl halides is 1. The summed E-state index contributed by atoms with van der Waals surface area (Å²) in [5, 5.41) is 0.955. The van der Waals surface area contributed by atoms with E-state index >= 15 is 0 Å². The van der Waals surface area contributed by atoms with Crippen LogP contribution in [0.5, 0.6) is 0 Å². The van der Waals surface area contributed by atoms with E-state index < -0.39 is 0 Å². The monoisotopic (exact) mass is 280 g/mol. The molecule has 0 aliphatic rings. The van der Waals surface area contributed by atoms with E-state index in [1.165, 1.54) is 27.8 Å². The van der Waals surface area contributed by atoms with Gasteiger partial charge in [-0.2, -0.15) is 0 Å². The molecule has 0 saturated heterocycles. The lowest BCUT2D eigenvalue weighted by atomic mass is 9.96. The fourth-order valence-electron chi connectivity index (χ4n) is 1.70. The summed E-state index contributed by atoms with van der Waals surface area (Å²) in [7, 11) is 0. The third-order valence-electron chi connectivity index (χ3n) is 3.12. The Kier molecular flexibility index (Phi) is 4.79. The van der Waals surface area contributed by atoms with Crippen molar-refractivity contribution in [3.05, 3.63) is 40.0 Å². The van der Waals surface area contributed by atoms with Gasteiger partial charge < -0.3 is 0 Å². The predicted octanol–water partition coefficient (Wildman–Crippen LogP) is 5.05. The largest absolute Gasteiger partial charge is 0.0880 e. The first kappa shape index (κ1) is 13.5. The molecule has 16 heavy (non-hydrogen) atoms. The molecular formula is C15H21Br. The number of halogens is 1. The SMILES string of the molecule is Cc1cc(C)c(C=C(CBr)C(C)C)cc1C. The zero-order chi connectivity index (χ0) is 12.3. The molecule has 0 saturated carbocycles.